The zero-order valence-electron chi connectivity index (χ0n) is 38.3. The van der Waals surface area contributed by atoms with Crippen molar-refractivity contribution in [2.45, 2.75) is 79.1 Å². The van der Waals surface area contributed by atoms with Gasteiger partial charge in [-0.2, -0.15) is 0 Å². The number of hydrogen-bond donors (Lipinski definition) is 5. The molecule has 0 aromatic heterocycles. The molecule has 8 aromatic rings. The van der Waals surface area contributed by atoms with Crippen LogP contribution < -0.4 is 0 Å². The van der Waals surface area contributed by atoms with Crippen LogP contribution in [0, 0.1) is 55.4 Å². The topological polar surface area (TPSA) is 101 Å². The standard InChI is InChI=1S/C60H56O5/c1-32-12-16-42(22-36(32)5)57-40-10-9-11-41(26-40)58(43-17-13-33(2)37(6)23-43)50-29-51(56(65)31-55(50)64)60(45-19-15-35(4)39(8)25-45)47-27-46(20-21-52(47)61)59(44-18-14-34(3)38(7)24-44)49-28-48(57)53(62)30-54(49)63/h9-31,57-65H,1-8H3. The SMILES string of the molecule is Cc1ccc(C2c3cccc(c3)C(c3ccc(C)c(C)c3)c3cc(c(O)cc3O)C(c3ccc(C)c(C)c3)c3cc(ccc3O)C(c3ccc(C)c(C)c3)c3cc2c(O)cc3O)cc1C. The molecule has 0 amide bonds. The maximum absolute atomic E-state index is 12.1. The van der Waals surface area contributed by atoms with Gasteiger partial charge in [0.05, 0.1) is 0 Å². The lowest BCUT2D eigenvalue weighted by atomic mass is 9.75. The monoisotopic (exact) mass is 856 g/mol. The molecule has 65 heavy (non-hydrogen) atoms. The normalized spacial score (nSPS) is 16.9. The molecule has 4 unspecified atom stereocenters. The fourth-order valence-electron chi connectivity index (χ4n) is 10.0. The predicted octanol–water partition coefficient (Wildman–Crippen LogP) is 13.7. The Labute approximate surface area is 382 Å². The van der Waals surface area contributed by atoms with Crippen molar-refractivity contribution in [2.75, 3.05) is 0 Å². The van der Waals surface area contributed by atoms with E-state index in [4.69, 9.17) is 0 Å². The molecule has 4 atom stereocenters. The van der Waals surface area contributed by atoms with Gasteiger partial charge in [0.15, 0.2) is 0 Å². The zero-order chi connectivity index (χ0) is 46.0. The van der Waals surface area contributed by atoms with Gasteiger partial charge in [-0.25, -0.2) is 0 Å². The van der Waals surface area contributed by atoms with Gasteiger partial charge in [0.25, 0.3) is 0 Å². The van der Waals surface area contributed by atoms with Crippen molar-refractivity contribution in [3.05, 3.63) is 251 Å². The highest BCUT2D eigenvalue weighted by Gasteiger charge is 2.33. The summed E-state index contributed by atoms with van der Waals surface area (Å²) in [6.45, 7) is 16.6. The largest absolute Gasteiger partial charge is 0.508 e. The fraction of sp³-hybridized carbons (Fsp3) is 0.200. The van der Waals surface area contributed by atoms with E-state index in [0.29, 0.717) is 27.8 Å². The van der Waals surface area contributed by atoms with E-state index in [2.05, 4.69) is 140 Å². The van der Waals surface area contributed by atoms with Crippen molar-refractivity contribution >= 4 is 0 Å². The van der Waals surface area contributed by atoms with Crippen LogP contribution in [0.4, 0.5) is 0 Å². The van der Waals surface area contributed by atoms with Gasteiger partial charge in [-0.1, -0.05) is 109 Å². The second kappa shape index (κ2) is 16.7. The van der Waals surface area contributed by atoms with Gasteiger partial charge >= 0.3 is 0 Å². The molecule has 0 saturated carbocycles. The van der Waals surface area contributed by atoms with Crippen LogP contribution in [0.2, 0.25) is 0 Å². The van der Waals surface area contributed by atoms with E-state index in [0.717, 1.165) is 83.5 Å². The van der Waals surface area contributed by atoms with E-state index in [1.165, 1.54) is 12.1 Å². The summed E-state index contributed by atoms with van der Waals surface area (Å²) in [5.74, 6) is -2.43. The molecule has 1 aliphatic rings. The number of fused-ring (bicyclic) bond motifs is 8. The third kappa shape index (κ3) is 7.80. The highest BCUT2D eigenvalue weighted by Crippen LogP contribution is 2.51. The van der Waals surface area contributed by atoms with E-state index < -0.39 is 23.7 Å². The summed E-state index contributed by atoms with van der Waals surface area (Å²) in [6, 6.07) is 46.0. The maximum Gasteiger partial charge on any atom is 0.123 e. The summed E-state index contributed by atoms with van der Waals surface area (Å²) in [6.07, 6.45) is 0. The minimum absolute atomic E-state index is 0.0347. The number of benzene rings is 8. The van der Waals surface area contributed by atoms with Crippen LogP contribution in [0.1, 0.15) is 135 Å². The number of hydrogen-bond acceptors (Lipinski definition) is 5. The average molecular weight is 857 g/mol. The lowest BCUT2D eigenvalue weighted by molar-refractivity contribution is 0.439. The van der Waals surface area contributed by atoms with E-state index in [9.17, 15) is 25.5 Å². The molecule has 0 heterocycles. The van der Waals surface area contributed by atoms with E-state index in [-0.39, 0.29) is 28.7 Å². The number of phenolic OH excluding ortho intramolecular Hbond substituents is 5. The van der Waals surface area contributed by atoms with Gasteiger partial charge in [0, 0.05) is 63.6 Å². The van der Waals surface area contributed by atoms with Gasteiger partial charge in [-0.15, -0.1) is 0 Å². The lowest BCUT2D eigenvalue weighted by Gasteiger charge is -2.29. The van der Waals surface area contributed by atoms with Crippen molar-refractivity contribution < 1.29 is 25.5 Å². The Bertz CT molecular complexity index is 3170. The van der Waals surface area contributed by atoms with E-state index >= 15 is 0 Å². The van der Waals surface area contributed by atoms with Crippen LogP contribution >= 0.6 is 0 Å². The Morgan fingerprint density at radius 2 is 0.508 bits per heavy atom. The molecule has 5 heteroatoms. The minimum atomic E-state index is -0.688. The molecule has 5 N–H and O–H groups in total. The van der Waals surface area contributed by atoms with Gasteiger partial charge in [-0.3, -0.25) is 0 Å². The second-order valence-corrected chi connectivity index (χ2v) is 18.5. The molecule has 8 aromatic carbocycles. The zero-order valence-corrected chi connectivity index (χ0v) is 38.3. The van der Waals surface area contributed by atoms with Crippen molar-refractivity contribution in [3.63, 3.8) is 0 Å². The van der Waals surface area contributed by atoms with Gasteiger partial charge < -0.3 is 25.5 Å². The van der Waals surface area contributed by atoms with E-state index in [1.54, 1.807) is 6.07 Å². The van der Waals surface area contributed by atoms with Crippen LogP contribution in [0.25, 0.3) is 0 Å². The van der Waals surface area contributed by atoms with Crippen LogP contribution in [-0.2, 0) is 0 Å². The first-order valence-corrected chi connectivity index (χ1v) is 22.4. The molecule has 0 radical (unpaired) electrons. The number of aromatic hydroxyl groups is 5. The highest BCUT2D eigenvalue weighted by atomic mass is 16.3. The van der Waals surface area contributed by atoms with Crippen LogP contribution in [0.5, 0.6) is 28.7 Å². The van der Waals surface area contributed by atoms with Gasteiger partial charge in [0.1, 0.15) is 28.7 Å². The molecule has 0 aliphatic heterocycles. The minimum Gasteiger partial charge on any atom is -0.508 e. The average Bonchev–Trinajstić information content (AvgIpc) is 3.27. The summed E-state index contributed by atoms with van der Waals surface area (Å²) < 4.78 is 0. The van der Waals surface area contributed by atoms with Crippen molar-refractivity contribution in [1.82, 2.24) is 0 Å². The summed E-state index contributed by atoms with van der Waals surface area (Å²) in [4.78, 5) is 0. The summed E-state index contributed by atoms with van der Waals surface area (Å²) in [7, 11) is 0. The molecule has 9 rings (SSSR count). The Balaban J connectivity index is 1.45. The molecule has 0 saturated heterocycles. The van der Waals surface area contributed by atoms with Gasteiger partial charge in [-0.05, 0) is 157 Å². The predicted molar refractivity (Wildman–Crippen MR) is 262 cm³/mol. The van der Waals surface area contributed by atoms with Gasteiger partial charge in [0.2, 0.25) is 0 Å². The molecular formula is C60H56O5. The van der Waals surface area contributed by atoms with Crippen molar-refractivity contribution in [3.8, 4) is 28.7 Å². The summed E-state index contributed by atoms with van der Waals surface area (Å²) in [5, 5.41) is 60.7. The molecule has 0 fully saturated rings. The Kier molecular flexibility index (Phi) is 11.1. The van der Waals surface area contributed by atoms with Crippen LogP contribution in [0.3, 0.4) is 0 Å². The van der Waals surface area contributed by atoms with E-state index in [1.807, 2.05) is 36.4 Å². The maximum atomic E-state index is 12.1. The third-order valence-corrected chi connectivity index (χ3v) is 14.3. The molecule has 326 valence electrons. The molecular weight excluding hydrogens is 801 g/mol. The molecule has 5 nitrogen and oxygen atoms in total. The smallest absolute Gasteiger partial charge is 0.123 e. The number of rotatable bonds is 4. The van der Waals surface area contributed by atoms with Crippen molar-refractivity contribution in [2.24, 2.45) is 0 Å². The molecule has 0 spiro atoms. The first-order valence-electron chi connectivity index (χ1n) is 22.4. The van der Waals surface area contributed by atoms with Crippen LogP contribution in [0.15, 0.2) is 140 Å². The first-order chi connectivity index (χ1) is 31.1. The van der Waals surface area contributed by atoms with Crippen molar-refractivity contribution in [1.29, 1.82) is 0 Å². The lowest BCUT2D eigenvalue weighted by Crippen LogP contribution is -2.13. The Morgan fingerprint density at radius 3 is 0.862 bits per heavy atom. The second-order valence-electron chi connectivity index (χ2n) is 18.5. The number of aryl methyl sites for hydroxylation is 8. The first kappa shape index (κ1) is 43.0. The Morgan fingerprint density at radius 1 is 0.231 bits per heavy atom. The quantitative estimate of drug-likeness (QED) is 0.121. The summed E-state index contributed by atoms with van der Waals surface area (Å²) in [5.41, 5.74) is 18.1. The molecule has 8 bridgehead atoms. The molecule has 1 aliphatic carbocycles. The summed E-state index contributed by atoms with van der Waals surface area (Å²) >= 11 is 0. The highest BCUT2D eigenvalue weighted by molar-refractivity contribution is 5.64. The van der Waals surface area contributed by atoms with Crippen LogP contribution in [-0.4, -0.2) is 25.5 Å². The third-order valence-electron chi connectivity index (χ3n) is 14.3. The number of phenols is 5. The Hall–Kier alpha value is -7.24. The fourth-order valence-corrected chi connectivity index (χ4v) is 10.0.